The SMILES string of the molecule is CC.CC.Cc1cnc(-n2ccnc2C)cn1. The van der Waals surface area contributed by atoms with Gasteiger partial charge in [0.05, 0.1) is 18.1 Å². The van der Waals surface area contributed by atoms with Gasteiger partial charge in [-0.25, -0.2) is 9.97 Å². The molecule has 4 nitrogen and oxygen atoms in total. The van der Waals surface area contributed by atoms with E-state index in [0.717, 1.165) is 17.3 Å². The van der Waals surface area contributed by atoms with Gasteiger partial charge in [0.25, 0.3) is 0 Å². The van der Waals surface area contributed by atoms with Gasteiger partial charge in [0.15, 0.2) is 5.82 Å². The second-order valence-electron chi connectivity index (χ2n) is 2.86. The van der Waals surface area contributed by atoms with Crippen LogP contribution in [0.5, 0.6) is 0 Å². The smallest absolute Gasteiger partial charge is 0.156 e. The quantitative estimate of drug-likeness (QED) is 0.760. The third-order valence-corrected chi connectivity index (χ3v) is 1.84. The lowest BCUT2D eigenvalue weighted by Crippen LogP contribution is -1.99. The van der Waals surface area contributed by atoms with Gasteiger partial charge in [-0.1, -0.05) is 27.7 Å². The Labute approximate surface area is 104 Å². The number of hydrogen-bond donors (Lipinski definition) is 0. The fourth-order valence-corrected chi connectivity index (χ4v) is 1.13. The Morgan fingerprint density at radius 2 is 1.53 bits per heavy atom. The highest BCUT2D eigenvalue weighted by Crippen LogP contribution is 2.04. The van der Waals surface area contributed by atoms with Crippen molar-refractivity contribution in [3.8, 4) is 5.82 Å². The van der Waals surface area contributed by atoms with Gasteiger partial charge in [-0.2, -0.15) is 0 Å². The molecule has 0 saturated carbocycles. The van der Waals surface area contributed by atoms with Crippen molar-refractivity contribution in [2.45, 2.75) is 41.5 Å². The van der Waals surface area contributed by atoms with Crippen LogP contribution in [0.1, 0.15) is 39.2 Å². The van der Waals surface area contributed by atoms with Crippen LogP contribution in [0.2, 0.25) is 0 Å². The summed E-state index contributed by atoms with van der Waals surface area (Å²) in [7, 11) is 0. The lowest BCUT2D eigenvalue weighted by Gasteiger charge is -2.02. The zero-order chi connectivity index (χ0) is 13.3. The predicted octanol–water partition coefficient (Wildman–Crippen LogP) is 3.33. The summed E-state index contributed by atoms with van der Waals surface area (Å²) in [4.78, 5) is 12.5. The van der Waals surface area contributed by atoms with E-state index in [2.05, 4.69) is 15.0 Å². The van der Waals surface area contributed by atoms with E-state index >= 15 is 0 Å². The van der Waals surface area contributed by atoms with Gasteiger partial charge in [0.2, 0.25) is 0 Å². The van der Waals surface area contributed by atoms with Crippen LogP contribution in [0.25, 0.3) is 5.82 Å². The van der Waals surface area contributed by atoms with E-state index in [1.807, 2.05) is 52.3 Å². The third-order valence-electron chi connectivity index (χ3n) is 1.84. The number of imidazole rings is 1. The Morgan fingerprint density at radius 3 is 1.94 bits per heavy atom. The number of aromatic nitrogens is 4. The maximum Gasteiger partial charge on any atom is 0.156 e. The molecule has 0 spiro atoms. The van der Waals surface area contributed by atoms with Gasteiger partial charge in [0, 0.05) is 12.4 Å². The molecule has 2 rings (SSSR count). The van der Waals surface area contributed by atoms with Gasteiger partial charge >= 0.3 is 0 Å². The van der Waals surface area contributed by atoms with E-state index in [1.54, 1.807) is 18.6 Å². The maximum atomic E-state index is 4.24. The van der Waals surface area contributed by atoms with E-state index in [0.29, 0.717) is 0 Å². The number of rotatable bonds is 1. The molecule has 17 heavy (non-hydrogen) atoms. The van der Waals surface area contributed by atoms with Gasteiger partial charge in [-0.15, -0.1) is 0 Å². The molecule has 0 saturated heterocycles. The van der Waals surface area contributed by atoms with Crippen LogP contribution < -0.4 is 0 Å². The molecule has 0 aliphatic rings. The maximum absolute atomic E-state index is 4.24. The molecule has 2 aromatic rings. The molecular formula is C13H22N4. The first-order chi connectivity index (χ1) is 8.27. The molecule has 4 heteroatoms. The number of nitrogens with zero attached hydrogens (tertiary/aromatic N) is 4. The molecule has 2 heterocycles. The van der Waals surface area contributed by atoms with E-state index in [9.17, 15) is 0 Å². The summed E-state index contributed by atoms with van der Waals surface area (Å²) in [6.45, 7) is 11.8. The Hall–Kier alpha value is -1.71. The summed E-state index contributed by atoms with van der Waals surface area (Å²) >= 11 is 0. The van der Waals surface area contributed by atoms with Gasteiger partial charge < -0.3 is 0 Å². The first kappa shape index (κ1) is 15.3. The summed E-state index contributed by atoms with van der Waals surface area (Å²) in [6, 6.07) is 0. The molecule has 94 valence electrons. The molecule has 0 aliphatic heterocycles. The second-order valence-corrected chi connectivity index (χ2v) is 2.86. The van der Waals surface area contributed by atoms with Crippen molar-refractivity contribution in [2.75, 3.05) is 0 Å². The zero-order valence-electron chi connectivity index (χ0n) is 11.6. The highest BCUT2D eigenvalue weighted by atomic mass is 15.1. The summed E-state index contributed by atoms with van der Waals surface area (Å²) in [5.74, 6) is 1.72. The molecule has 0 atom stereocenters. The minimum absolute atomic E-state index is 0.806. The lowest BCUT2D eigenvalue weighted by molar-refractivity contribution is 0.910. The fraction of sp³-hybridized carbons (Fsp3) is 0.462. The summed E-state index contributed by atoms with van der Waals surface area (Å²) in [5, 5.41) is 0. The van der Waals surface area contributed by atoms with Crippen LogP contribution in [0.3, 0.4) is 0 Å². The van der Waals surface area contributed by atoms with Gasteiger partial charge in [-0.3, -0.25) is 9.55 Å². The molecule has 0 radical (unpaired) electrons. The van der Waals surface area contributed by atoms with E-state index in [1.165, 1.54) is 0 Å². The molecule has 0 amide bonds. The molecule has 0 fully saturated rings. The van der Waals surface area contributed by atoms with Crippen molar-refractivity contribution in [3.63, 3.8) is 0 Å². The standard InChI is InChI=1S/C9H10N4.2C2H6/c1-7-5-12-9(6-11-7)13-4-3-10-8(13)2;2*1-2/h3-6H,1-2H3;2*1-2H3. The highest BCUT2D eigenvalue weighted by Gasteiger charge is 2.00. The van der Waals surface area contributed by atoms with Crippen molar-refractivity contribution in [3.05, 3.63) is 36.3 Å². The molecule has 0 N–H and O–H groups in total. The first-order valence-corrected chi connectivity index (χ1v) is 6.06. The van der Waals surface area contributed by atoms with Crippen molar-refractivity contribution < 1.29 is 0 Å². The van der Waals surface area contributed by atoms with Crippen LogP contribution in [-0.4, -0.2) is 19.5 Å². The Balaban J connectivity index is 0.000000581. The molecule has 0 unspecified atom stereocenters. The second kappa shape index (κ2) is 8.44. The van der Waals surface area contributed by atoms with Crippen molar-refractivity contribution in [1.82, 2.24) is 19.5 Å². The Morgan fingerprint density at radius 1 is 0.882 bits per heavy atom. The Kier molecular flexibility index (Phi) is 7.59. The average Bonchev–Trinajstić information content (AvgIpc) is 2.82. The average molecular weight is 234 g/mol. The molecule has 0 aliphatic carbocycles. The minimum Gasteiger partial charge on any atom is -0.287 e. The lowest BCUT2D eigenvalue weighted by atomic mass is 10.5. The molecule has 0 aromatic carbocycles. The van der Waals surface area contributed by atoms with Crippen LogP contribution in [0.15, 0.2) is 24.8 Å². The topological polar surface area (TPSA) is 43.6 Å². The van der Waals surface area contributed by atoms with E-state index < -0.39 is 0 Å². The van der Waals surface area contributed by atoms with Crippen LogP contribution in [0.4, 0.5) is 0 Å². The minimum atomic E-state index is 0.806. The van der Waals surface area contributed by atoms with Crippen molar-refractivity contribution in [1.29, 1.82) is 0 Å². The van der Waals surface area contributed by atoms with Crippen molar-refractivity contribution in [2.24, 2.45) is 0 Å². The van der Waals surface area contributed by atoms with Crippen LogP contribution >= 0.6 is 0 Å². The molecular weight excluding hydrogens is 212 g/mol. The van der Waals surface area contributed by atoms with Gasteiger partial charge in [-0.05, 0) is 13.8 Å². The zero-order valence-corrected chi connectivity index (χ0v) is 11.6. The number of aryl methyl sites for hydroxylation is 2. The monoisotopic (exact) mass is 234 g/mol. The van der Waals surface area contributed by atoms with E-state index in [4.69, 9.17) is 0 Å². The summed E-state index contributed by atoms with van der Waals surface area (Å²) in [6.07, 6.45) is 7.10. The Bertz CT molecular complexity index is 404. The number of hydrogen-bond acceptors (Lipinski definition) is 3. The van der Waals surface area contributed by atoms with Crippen LogP contribution in [-0.2, 0) is 0 Å². The normalized spacial score (nSPS) is 8.59. The van der Waals surface area contributed by atoms with Crippen LogP contribution in [0, 0.1) is 13.8 Å². The highest BCUT2D eigenvalue weighted by molar-refractivity contribution is 5.20. The van der Waals surface area contributed by atoms with Gasteiger partial charge in [0.1, 0.15) is 5.82 Å². The molecule has 2 aromatic heterocycles. The molecule has 0 bridgehead atoms. The largest absolute Gasteiger partial charge is 0.287 e. The van der Waals surface area contributed by atoms with E-state index in [-0.39, 0.29) is 0 Å². The summed E-state index contributed by atoms with van der Waals surface area (Å²) < 4.78 is 1.90. The van der Waals surface area contributed by atoms with Crippen molar-refractivity contribution >= 4 is 0 Å². The predicted molar refractivity (Wildman–Crippen MR) is 71.3 cm³/mol. The first-order valence-electron chi connectivity index (χ1n) is 6.06. The summed E-state index contributed by atoms with van der Waals surface area (Å²) in [5.41, 5.74) is 0.918. The fourth-order valence-electron chi connectivity index (χ4n) is 1.13. The third kappa shape index (κ3) is 4.34.